The molecule has 0 amide bonds. The van der Waals surface area contributed by atoms with Crippen LogP contribution < -0.4 is 0 Å². The van der Waals surface area contributed by atoms with E-state index in [1.165, 1.54) is 0 Å². The molecule has 0 aromatic heterocycles. The molecule has 48 heavy (non-hydrogen) atoms. The van der Waals surface area contributed by atoms with Crippen LogP contribution in [0.15, 0.2) is 48.5 Å². The van der Waals surface area contributed by atoms with Crippen LogP contribution in [0.5, 0.6) is 69.0 Å². The van der Waals surface area contributed by atoms with Crippen LogP contribution >= 0.6 is 0 Å². The third-order valence-corrected chi connectivity index (χ3v) is 5.27. The number of hydrogen-bond donors (Lipinski definition) is 16. The fourth-order valence-electron chi connectivity index (χ4n) is 2.91. The summed E-state index contributed by atoms with van der Waals surface area (Å²) in [6.45, 7) is 0. The van der Waals surface area contributed by atoms with Gasteiger partial charge in [0, 0.05) is 0 Å². The highest BCUT2D eigenvalue weighted by molar-refractivity contribution is 5.91. The smallest absolute Gasteiger partial charge is 0.335 e. The van der Waals surface area contributed by atoms with Crippen LogP contribution in [0.2, 0.25) is 0 Å². The maximum absolute atomic E-state index is 10.3. The quantitative estimate of drug-likeness (QED) is 0.137. The molecule has 0 aliphatic rings. The van der Waals surface area contributed by atoms with Gasteiger partial charge in [0.05, 0.1) is 22.3 Å². The molecule has 0 aliphatic heterocycles. The van der Waals surface area contributed by atoms with Gasteiger partial charge in [0.1, 0.15) is 0 Å². The molecule has 0 bridgehead atoms. The van der Waals surface area contributed by atoms with Crippen LogP contribution in [0.1, 0.15) is 41.4 Å². The monoisotopic (exact) mass is 680 g/mol. The summed E-state index contributed by atoms with van der Waals surface area (Å²) in [5.41, 5.74) is -1.16. The second-order valence-electron chi connectivity index (χ2n) is 8.67. The summed E-state index contributed by atoms with van der Waals surface area (Å²) in [5, 5.41) is 140. The summed E-state index contributed by atoms with van der Waals surface area (Å²) in [7, 11) is 0. The summed E-state index contributed by atoms with van der Waals surface area (Å²) in [6, 6.07) is 6.76. The second-order valence-corrected chi connectivity index (χ2v) is 8.67. The van der Waals surface area contributed by atoms with Gasteiger partial charge >= 0.3 is 23.9 Å². The summed E-state index contributed by atoms with van der Waals surface area (Å²) in [4.78, 5) is 41.3. The Morgan fingerprint density at radius 1 is 0.271 bits per heavy atom. The van der Waals surface area contributed by atoms with E-state index in [1.54, 1.807) is 0 Å². The largest absolute Gasteiger partial charge is 0.504 e. The van der Waals surface area contributed by atoms with Crippen molar-refractivity contribution in [1.29, 1.82) is 0 Å². The van der Waals surface area contributed by atoms with Crippen LogP contribution in [-0.2, 0) is 0 Å². The minimum Gasteiger partial charge on any atom is -0.504 e. The van der Waals surface area contributed by atoms with Crippen molar-refractivity contribution in [2.24, 2.45) is 0 Å². The minimum absolute atomic E-state index is 0.289. The fourth-order valence-corrected chi connectivity index (χ4v) is 2.91. The molecule has 0 spiro atoms. The standard InChI is InChI=1S/4C7H6O5/c4*8-4-1-3(7(11)12)2-5(9)6(4)10/h4*1-2,8-10H,(H,11,12). The van der Waals surface area contributed by atoms with Crippen LogP contribution in [0.3, 0.4) is 0 Å². The van der Waals surface area contributed by atoms with Crippen LogP contribution in [-0.4, -0.2) is 106 Å². The van der Waals surface area contributed by atoms with Crippen molar-refractivity contribution < 1.29 is 101 Å². The first kappa shape index (κ1) is 38.4. The number of phenolic OH excluding ortho intramolecular Hbond substituents is 12. The van der Waals surface area contributed by atoms with Crippen molar-refractivity contribution in [3.8, 4) is 69.0 Å². The molecule has 0 unspecified atom stereocenters. The number of rotatable bonds is 4. The summed E-state index contributed by atoms with van der Waals surface area (Å²) >= 11 is 0. The van der Waals surface area contributed by atoms with E-state index < -0.39 is 92.9 Å². The molecule has 20 heteroatoms. The maximum Gasteiger partial charge on any atom is 0.335 e. The molecule has 0 fully saturated rings. The van der Waals surface area contributed by atoms with Crippen molar-refractivity contribution in [3.05, 3.63) is 70.8 Å². The zero-order valence-corrected chi connectivity index (χ0v) is 23.4. The topological polar surface area (TPSA) is 392 Å². The van der Waals surface area contributed by atoms with Crippen molar-refractivity contribution in [3.63, 3.8) is 0 Å². The SMILES string of the molecule is O=C(O)c1cc(O)c(O)c(O)c1.O=C(O)c1cc(O)c(O)c(O)c1.O=C(O)c1cc(O)c(O)c(O)c1.O=C(O)c1cc(O)c(O)c(O)c1. The number of carboxylic acid groups (broad SMARTS) is 4. The zero-order chi connectivity index (χ0) is 37.2. The van der Waals surface area contributed by atoms with Gasteiger partial charge in [0.25, 0.3) is 0 Å². The van der Waals surface area contributed by atoms with E-state index in [1.807, 2.05) is 0 Å². The molecule has 256 valence electrons. The average Bonchev–Trinajstić information content (AvgIpc) is 2.99. The Balaban J connectivity index is 0.000000320. The van der Waals surface area contributed by atoms with E-state index in [0.717, 1.165) is 48.5 Å². The lowest BCUT2D eigenvalue weighted by Gasteiger charge is -2.01. The van der Waals surface area contributed by atoms with Gasteiger partial charge in [0.15, 0.2) is 69.0 Å². The van der Waals surface area contributed by atoms with Gasteiger partial charge in [-0.1, -0.05) is 0 Å². The highest BCUT2D eigenvalue weighted by Gasteiger charge is 2.14. The highest BCUT2D eigenvalue weighted by atomic mass is 16.4. The second kappa shape index (κ2) is 15.9. The molecule has 0 saturated carbocycles. The van der Waals surface area contributed by atoms with Gasteiger partial charge in [0.2, 0.25) is 0 Å². The molecule has 0 aliphatic carbocycles. The van der Waals surface area contributed by atoms with E-state index in [9.17, 15) is 19.2 Å². The van der Waals surface area contributed by atoms with Gasteiger partial charge in [-0.25, -0.2) is 19.2 Å². The Labute approximate surface area is 264 Å². The van der Waals surface area contributed by atoms with E-state index in [-0.39, 0.29) is 22.3 Å². The Bertz CT molecular complexity index is 1500. The number of carboxylic acids is 4. The van der Waals surface area contributed by atoms with Crippen molar-refractivity contribution >= 4 is 23.9 Å². The Morgan fingerprint density at radius 3 is 0.458 bits per heavy atom. The number of phenols is 12. The number of benzene rings is 4. The lowest BCUT2D eigenvalue weighted by molar-refractivity contribution is 0.0685. The molecule has 4 aromatic carbocycles. The lowest BCUT2D eigenvalue weighted by atomic mass is 10.2. The first-order chi connectivity index (χ1) is 22.1. The number of carbonyl (C=O) groups is 4. The van der Waals surface area contributed by atoms with E-state index in [0.29, 0.717) is 0 Å². The fraction of sp³-hybridized carbons (Fsp3) is 0. The maximum atomic E-state index is 10.3. The van der Waals surface area contributed by atoms with Crippen molar-refractivity contribution in [2.75, 3.05) is 0 Å². The van der Waals surface area contributed by atoms with Gasteiger partial charge in [-0.05, 0) is 48.5 Å². The van der Waals surface area contributed by atoms with E-state index in [2.05, 4.69) is 0 Å². The van der Waals surface area contributed by atoms with Crippen LogP contribution in [0.4, 0.5) is 0 Å². The Hall–Kier alpha value is -7.64. The lowest BCUT2D eigenvalue weighted by Crippen LogP contribution is -1.95. The number of aromatic hydroxyl groups is 12. The molecule has 4 rings (SSSR count). The predicted molar refractivity (Wildman–Crippen MR) is 154 cm³/mol. The first-order valence-electron chi connectivity index (χ1n) is 12.0. The molecule has 16 N–H and O–H groups in total. The summed E-state index contributed by atoms with van der Waals surface area (Å²) in [5.74, 6) is -13.3. The molecule has 0 radical (unpaired) electrons. The molecule has 20 nitrogen and oxygen atoms in total. The van der Waals surface area contributed by atoms with E-state index >= 15 is 0 Å². The third-order valence-electron chi connectivity index (χ3n) is 5.27. The third kappa shape index (κ3) is 10.2. The molecular formula is C28H24O20. The van der Waals surface area contributed by atoms with Crippen LogP contribution in [0.25, 0.3) is 0 Å². The van der Waals surface area contributed by atoms with E-state index in [4.69, 9.17) is 81.7 Å². The van der Waals surface area contributed by atoms with Crippen molar-refractivity contribution in [1.82, 2.24) is 0 Å². The zero-order valence-electron chi connectivity index (χ0n) is 23.4. The molecule has 4 aromatic rings. The predicted octanol–water partition coefficient (Wildman–Crippen LogP) is 2.01. The Morgan fingerprint density at radius 2 is 0.375 bits per heavy atom. The molecular weight excluding hydrogens is 656 g/mol. The van der Waals surface area contributed by atoms with Gasteiger partial charge < -0.3 is 81.7 Å². The minimum atomic E-state index is -1.29. The summed E-state index contributed by atoms with van der Waals surface area (Å²) < 4.78 is 0. The Kier molecular flexibility index (Phi) is 12.7. The molecule has 0 atom stereocenters. The first-order valence-corrected chi connectivity index (χ1v) is 12.0. The van der Waals surface area contributed by atoms with Gasteiger partial charge in [-0.15, -0.1) is 0 Å². The normalized spacial score (nSPS) is 9.67. The van der Waals surface area contributed by atoms with Crippen LogP contribution in [0, 0.1) is 0 Å². The van der Waals surface area contributed by atoms with Gasteiger partial charge in [-0.3, -0.25) is 0 Å². The van der Waals surface area contributed by atoms with Crippen molar-refractivity contribution in [2.45, 2.75) is 0 Å². The number of aromatic carboxylic acids is 4. The average molecular weight is 680 g/mol. The molecule has 0 saturated heterocycles. The summed E-state index contributed by atoms with van der Waals surface area (Å²) in [6.07, 6.45) is 0. The highest BCUT2D eigenvalue weighted by Crippen LogP contribution is 2.37. The van der Waals surface area contributed by atoms with Gasteiger partial charge in [-0.2, -0.15) is 0 Å². The molecule has 0 heterocycles. The number of hydrogen-bond acceptors (Lipinski definition) is 16.